The molecule has 0 radical (unpaired) electrons. The van der Waals surface area contributed by atoms with E-state index in [0.29, 0.717) is 6.07 Å². The molecular weight excluding hydrogens is 269 g/mol. The molecule has 1 rings (SSSR count). The Morgan fingerprint density at radius 2 is 2.11 bits per heavy atom. The molecule has 18 heavy (non-hydrogen) atoms. The van der Waals surface area contributed by atoms with E-state index in [-0.39, 0.29) is 23.6 Å². The fourth-order valence-corrected chi connectivity index (χ4v) is 1.43. The van der Waals surface area contributed by atoms with Gasteiger partial charge in [0.1, 0.15) is 0 Å². The summed E-state index contributed by atoms with van der Waals surface area (Å²) in [5.41, 5.74) is -1.56. The molecule has 0 spiro atoms. The van der Waals surface area contributed by atoms with Gasteiger partial charge in [0.05, 0.1) is 22.9 Å². The normalized spacial score (nSPS) is 10.8. The molecule has 1 N–H and O–H groups in total. The van der Waals surface area contributed by atoms with E-state index < -0.39 is 17.6 Å². The number of alkyl halides is 4. The number of benzene rings is 1. The van der Waals surface area contributed by atoms with Crippen molar-refractivity contribution in [2.45, 2.75) is 12.6 Å². The lowest BCUT2D eigenvalue weighted by molar-refractivity contribution is -0.137. The quantitative estimate of drug-likeness (QED) is 0.862. The molecule has 1 aromatic rings. The predicted molar refractivity (Wildman–Crippen MR) is 60.1 cm³/mol. The van der Waals surface area contributed by atoms with Gasteiger partial charge in [-0.15, -0.1) is 11.6 Å². The first-order valence-corrected chi connectivity index (χ1v) is 5.39. The zero-order valence-electron chi connectivity index (χ0n) is 9.01. The molecule has 96 valence electrons. The zero-order chi connectivity index (χ0) is 13.8. The number of carbonyl (C=O) groups is 1. The van der Waals surface area contributed by atoms with Gasteiger partial charge < -0.3 is 5.32 Å². The number of rotatable bonds is 3. The summed E-state index contributed by atoms with van der Waals surface area (Å²) in [6.45, 7) is 0. The van der Waals surface area contributed by atoms with E-state index in [0.717, 1.165) is 6.07 Å². The highest BCUT2D eigenvalue weighted by molar-refractivity contribution is 6.19. The SMILES string of the molecule is N#Cc1ccc(NC(=O)CCCl)c(C(F)(F)F)c1. The van der Waals surface area contributed by atoms with Crippen molar-refractivity contribution in [2.24, 2.45) is 0 Å². The molecule has 0 aliphatic rings. The zero-order valence-corrected chi connectivity index (χ0v) is 9.77. The summed E-state index contributed by atoms with van der Waals surface area (Å²) in [6, 6.07) is 4.55. The molecule has 7 heteroatoms. The summed E-state index contributed by atoms with van der Waals surface area (Å²) >= 11 is 5.31. The highest BCUT2D eigenvalue weighted by atomic mass is 35.5. The van der Waals surface area contributed by atoms with Crippen molar-refractivity contribution in [3.8, 4) is 6.07 Å². The highest BCUT2D eigenvalue weighted by Gasteiger charge is 2.34. The lowest BCUT2D eigenvalue weighted by Gasteiger charge is -2.13. The van der Waals surface area contributed by atoms with Crippen LogP contribution in [0.25, 0.3) is 0 Å². The summed E-state index contributed by atoms with van der Waals surface area (Å²) in [5.74, 6) is -0.594. The van der Waals surface area contributed by atoms with Gasteiger partial charge in [-0.05, 0) is 18.2 Å². The smallest absolute Gasteiger partial charge is 0.325 e. The summed E-state index contributed by atoms with van der Waals surface area (Å²) in [6.07, 6.45) is -4.73. The van der Waals surface area contributed by atoms with Crippen LogP contribution in [0.15, 0.2) is 18.2 Å². The molecule has 0 unspecified atom stereocenters. The molecule has 0 saturated carbocycles. The van der Waals surface area contributed by atoms with Gasteiger partial charge in [0.25, 0.3) is 0 Å². The average Bonchev–Trinajstić information content (AvgIpc) is 2.28. The maximum atomic E-state index is 12.7. The number of halogens is 4. The Balaban J connectivity index is 3.12. The van der Waals surface area contributed by atoms with Crippen LogP contribution in [-0.2, 0) is 11.0 Å². The molecule has 3 nitrogen and oxygen atoms in total. The molecule has 0 heterocycles. The minimum atomic E-state index is -4.64. The molecule has 0 bridgehead atoms. The number of nitrogens with one attached hydrogen (secondary N) is 1. The van der Waals surface area contributed by atoms with E-state index in [1.165, 1.54) is 6.07 Å². The highest BCUT2D eigenvalue weighted by Crippen LogP contribution is 2.35. The Morgan fingerprint density at radius 1 is 1.44 bits per heavy atom. The summed E-state index contributed by atoms with van der Waals surface area (Å²) in [7, 11) is 0. The number of hydrogen-bond donors (Lipinski definition) is 1. The standard InChI is InChI=1S/C11H8ClF3N2O/c12-4-3-10(18)17-9-2-1-7(6-16)5-8(9)11(13,14)15/h1-2,5H,3-4H2,(H,17,18). The van der Waals surface area contributed by atoms with Gasteiger partial charge in [0, 0.05) is 12.3 Å². The van der Waals surface area contributed by atoms with Crippen LogP contribution in [0.1, 0.15) is 17.5 Å². The monoisotopic (exact) mass is 276 g/mol. The molecule has 0 atom stereocenters. The van der Waals surface area contributed by atoms with Crippen LogP contribution in [0, 0.1) is 11.3 Å². The molecule has 0 aromatic heterocycles. The second-order valence-corrected chi connectivity index (χ2v) is 3.74. The lowest BCUT2D eigenvalue weighted by Crippen LogP contribution is -2.16. The van der Waals surface area contributed by atoms with Crippen molar-refractivity contribution in [3.63, 3.8) is 0 Å². The molecule has 1 aromatic carbocycles. The van der Waals surface area contributed by atoms with Crippen LogP contribution >= 0.6 is 11.6 Å². The topological polar surface area (TPSA) is 52.9 Å². The Hall–Kier alpha value is -1.74. The van der Waals surface area contributed by atoms with Gasteiger partial charge in [0.2, 0.25) is 5.91 Å². The van der Waals surface area contributed by atoms with Crippen molar-refractivity contribution < 1.29 is 18.0 Å². The number of amides is 1. The molecule has 0 saturated heterocycles. The van der Waals surface area contributed by atoms with Gasteiger partial charge in [-0.3, -0.25) is 4.79 Å². The molecule has 0 fully saturated rings. The van der Waals surface area contributed by atoms with E-state index in [1.807, 2.05) is 0 Å². The fourth-order valence-electron chi connectivity index (χ4n) is 1.26. The maximum Gasteiger partial charge on any atom is 0.418 e. The van der Waals surface area contributed by atoms with E-state index in [2.05, 4.69) is 5.32 Å². The lowest BCUT2D eigenvalue weighted by atomic mass is 10.1. The molecule has 0 aliphatic heterocycles. The second-order valence-electron chi connectivity index (χ2n) is 3.36. The van der Waals surface area contributed by atoms with Crippen LogP contribution < -0.4 is 5.32 Å². The van der Waals surface area contributed by atoms with Crippen molar-refractivity contribution in [1.82, 2.24) is 0 Å². The van der Waals surface area contributed by atoms with Gasteiger partial charge in [-0.1, -0.05) is 0 Å². The van der Waals surface area contributed by atoms with Gasteiger partial charge in [-0.25, -0.2) is 0 Å². The van der Waals surface area contributed by atoms with Crippen molar-refractivity contribution in [3.05, 3.63) is 29.3 Å². The first kappa shape index (κ1) is 14.3. The van der Waals surface area contributed by atoms with Gasteiger partial charge in [-0.2, -0.15) is 18.4 Å². The number of nitriles is 1. The van der Waals surface area contributed by atoms with E-state index in [1.54, 1.807) is 6.07 Å². The maximum absolute atomic E-state index is 12.7. The van der Waals surface area contributed by atoms with Crippen LogP contribution in [-0.4, -0.2) is 11.8 Å². The molecule has 0 aliphatic carbocycles. The Morgan fingerprint density at radius 3 is 2.61 bits per heavy atom. The molecular formula is C11H8ClF3N2O. The third kappa shape index (κ3) is 3.64. The Bertz CT molecular complexity index is 494. The Kier molecular flexibility index (Phi) is 4.56. The van der Waals surface area contributed by atoms with Gasteiger partial charge in [0.15, 0.2) is 0 Å². The average molecular weight is 277 g/mol. The number of anilines is 1. The minimum Gasteiger partial charge on any atom is -0.325 e. The number of hydrogen-bond acceptors (Lipinski definition) is 2. The minimum absolute atomic E-state index is 0.0173. The van der Waals surface area contributed by atoms with E-state index >= 15 is 0 Å². The van der Waals surface area contributed by atoms with Crippen molar-refractivity contribution in [2.75, 3.05) is 11.2 Å². The summed E-state index contributed by atoms with van der Waals surface area (Å²) < 4.78 is 38.1. The van der Waals surface area contributed by atoms with Crippen molar-refractivity contribution >= 4 is 23.2 Å². The van der Waals surface area contributed by atoms with Crippen LogP contribution in [0.2, 0.25) is 0 Å². The van der Waals surface area contributed by atoms with Crippen LogP contribution in [0.4, 0.5) is 18.9 Å². The Labute approximate surface area is 106 Å². The largest absolute Gasteiger partial charge is 0.418 e. The first-order chi connectivity index (χ1) is 8.38. The predicted octanol–water partition coefficient (Wildman–Crippen LogP) is 3.14. The third-order valence-corrected chi connectivity index (χ3v) is 2.24. The van der Waals surface area contributed by atoms with E-state index in [4.69, 9.17) is 16.9 Å². The number of nitrogens with zero attached hydrogens (tertiary/aromatic N) is 1. The number of carbonyl (C=O) groups excluding carboxylic acids is 1. The second kappa shape index (κ2) is 5.74. The van der Waals surface area contributed by atoms with Crippen molar-refractivity contribution in [1.29, 1.82) is 5.26 Å². The summed E-state index contributed by atoms with van der Waals surface area (Å²) in [4.78, 5) is 11.2. The third-order valence-electron chi connectivity index (χ3n) is 2.05. The fraction of sp³-hybridized carbons (Fsp3) is 0.273. The molecule has 1 amide bonds. The van der Waals surface area contributed by atoms with Crippen LogP contribution in [0.3, 0.4) is 0 Å². The van der Waals surface area contributed by atoms with E-state index in [9.17, 15) is 18.0 Å². The van der Waals surface area contributed by atoms with Crippen LogP contribution in [0.5, 0.6) is 0 Å². The van der Waals surface area contributed by atoms with Gasteiger partial charge >= 0.3 is 6.18 Å². The first-order valence-electron chi connectivity index (χ1n) is 4.85. The summed E-state index contributed by atoms with van der Waals surface area (Å²) in [5, 5.41) is 10.7.